The summed E-state index contributed by atoms with van der Waals surface area (Å²) in [7, 11) is 0. The van der Waals surface area contributed by atoms with Gasteiger partial charge in [0.1, 0.15) is 5.82 Å². The van der Waals surface area contributed by atoms with Crippen LogP contribution in [0.5, 0.6) is 0 Å². The van der Waals surface area contributed by atoms with Crippen LogP contribution < -0.4 is 0 Å². The van der Waals surface area contributed by atoms with Crippen molar-refractivity contribution in [1.82, 2.24) is 19.9 Å². The van der Waals surface area contributed by atoms with Crippen LogP contribution >= 0.6 is 0 Å². The van der Waals surface area contributed by atoms with Gasteiger partial charge in [-0.25, -0.2) is 9.97 Å². The quantitative estimate of drug-likeness (QED) is 0.402. The first-order valence-electron chi connectivity index (χ1n) is 9.26. The molecule has 132 valence electrons. The molecular weight excluding hydrogens is 344 g/mol. The minimum absolute atomic E-state index is 0.863. The summed E-state index contributed by atoms with van der Waals surface area (Å²) >= 11 is 0. The van der Waals surface area contributed by atoms with Gasteiger partial charge in [-0.05, 0) is 58.3 Å². The molecule has 0 atom stereocenters. The predicted molar refractivity (Wildman–Crippen MR) is 114 cm³/mol. The van der Waals surface area contributed by atoms with Crippen LogP contribution in [0.25, 0.3) is 55.4 Å². The molecule has 0 aliphatic heterocycles. The maximum atomic E-state index is 4.77. The van der Waals surface area contributed by atoms with E-state index in [2.05, 4.69) is 81.7 Å². The molecule has 4 aromatic carbocycles. The third-order valence-electron chi connectivity index (χ3n) is 5.26. The van der Waals surface area contributed by atoms with Crippen molar-refractivity contribution in [3.05, 3.63) is 85.2 Å². The van der Waals surface area contributed by atoms with Gasteiger partial charge in [-0.3, -0.25) is 0 Å². The van der Waals surface area contributed by atoms with E-state index in [0.29, 0.717) is 0 Å². The molecule has 0 unspecified atom stereocenters. The molecule has 2 N–H and O–H groups in total. The lowest BCUT2D eigenvalue weighted by Gasteiger charge is -2.04. The van der Waals surface area contributed by atoms with Crippen LogP contribution in [0.3, 0.4) is 0 Å². The van der Waals surface area contributed by atoms with E-state index < -0.39 is 0 Å². The maximum absolute atomic E-state index is 4.77. The average molecular weight is 360 g/mol. The number of nitrogens with zero attached hydrogens (tertiary/aromatic N) is 2. The van der Waals surface area contributed by atoms with Crippen LogP contribution in [0.1, 0.15) is 0 Å². The summed E-state index contributed by atoms with van der Waals surface area (Å²) < 4.78 is 0. The first kappa shape index (κ1) is 15.2. The third kappa shape index (κ3) is 2.39. The number of nitrogens with one attached hydrogen (secondary N) is 2. The number of aromatic amines is 2. The van der Waals surface area contributed by atoms with Crippen molar-refractivity contribution in [2.45, 2.75) is 0 Å². The summed E-state index contributed by atoms with van der Waals surface area (Å²) in [6.07, 6.45) is 1.71. The number of benzene rings is 4. The van der Waals surface area contributed by atoms with E-state index in [4.69, 9.17) is 4.98 Å². The number of hydrogen-bond acceptors (Lipinski definition) is 2. The summed E-state index contributed by atoms with van der Waals surface area (Å²) in [6, 6.07) is 27.5. The molecule has 0 amide bonds. The second-order valence-corrected chi connectivity index (χ2v) is 7.01. The fraction of sp³-hybridized carbons (Fsp3) is 0. The number of H-pyrrole nitrogens is 2. The van der Waals surface area contributed by atoms with Crippen molar-refractivity contribution >= 4 is 32.8 Å². The van der Waals surface area contributed by atoms with Crippen LogP contribution in [0, 0.1) is 0 Å². The molecule has 0 spiro atoms. The van der Waals surface area contributed by atoms with Crippen molar-refractivity contribution in [2.24, 2.45) is 0 Å². The van der Waals surface area contributed by atoms with Crippen LogP contribution in [-0.2, 0) is 0 Å². The van der Waals surface area contributed by atoms with E-state index in [1.165, 1.54) is 21.9 Å². The summed E-state index contributed by atoms with van der Waals surface area (Å²) in [5.74, 6) is 0.863. The lowest BCUT2D eigenvalue weighted by Crippen LogP contribution is -1.80. The van der Waals surface area contributed by atoms with Gasteiger partial charge in [0.05, 0.1) is 28.4 Å². The fourth-order valence-corrected chi connectivity index (χ4v) is 3.78. The molecule has 4 nitrogen and oxygen atoms in total. The molecule has 2 heterocycles. The Balaban J connectivity index is 1.45. The van der Waals surface area contributed by atoms with Gasteiger partial charge in [-0.2, -0.15) is 0 Å². The number of hydrogen-bond donors (Lipinski definition) is 2. The van der Waals surface area contributed by atoms with Crippen LogP contribution in [0.4, 0.5) is 0 Å². The number of rotatable bonds is 2. The Morgan fingerprint density at radius 2 is 1.36 bits per heavy atom. The van der Waals surface area contributed by atoms with Crippen LogP contribution in [0.15, 0.2) is 85.2 Å². The zero-order chi connectivity index (χ0) is 18.5. The lowest BCUT2D eigenvalue weighted by molar-refractivity contribution is 1.33. The van der Waals surface area contributed by atoms with Crippen LogP contribution in [0.2, 0.25) is 0 Å². The molecule has 0 radical (unpaired) electrons. The zero-order valence-electron chi connectivity index (χ0n) is 15.0. The first-order valence-corrected chi connectivity index (χ1v) is 9.26. The normalized spacial score (nSPS) is 11.6. The Morgan fingerprint density at radius 1 is 0.607 bits per heavy atom. The minimum Gasteiger partial charge on any atom is -0.345 e. The highest BCUT2D eigenvalue weighted by Crippen LogP contribution is 2.29. The lowest BCUT2D eigenvalue weighted by atomic mass is 10.0. The summed E-state index contributed by atoms with van der Waals surface area (Å²) in [5.41, 5.74) is 7.39. The first-order chi connectivity index (χ1) is 13.8. The molecule has 0 aliphatic carbocycles. The highest BCUT2D eigenvalue weighted by molar-refractivity contribution is 5.90. The fourth-order valence-electron chi connectivity index (χ4n) is 3.78. The highest BCUT2D eigenvalue weighted by Gasteiger charge is 2.09. The second kappa shape index (κ2) is 5.79. The molecule has 6 aromatic rings. The van der Waals surface area contributed by atoms with Crippen LogP contribution in [-0.4, -0.2) is 19.9 Å². The molecule has 4 heteroatoms. The predicted octanol–water partition coefficient (Wildman–Crippen LogP) is 5.93. The molecule has 2 aromatic heterocycles. The summed E-state index contributed by atoms with van der Waals surface area (Å²) in [5, 5.41) is 2.50. The molecular formula is C24H16N4. The number of aromatic nitrogens is 4. The monoisotopic (exact) mass is 360 g/mol. The van der Waals surface area contributed by atoms with E-state index in [0.717, 1.165) is 33.5 Å². The molecule has 6 rings (SSSR count). The smallest absolute Gasteiger partial charge is 0.138 e. The standard InChI is InChI=1S/C24H16N4/c1-2-4-16-11-17(6-5-15(16)3-1)18-7-10-21-23(12-18)28-24(27-21)19-8-9-20-22(13-19)26-14-25-20/h1-14H,(H,25,26)(H,27,28). The Bertz CT molecular complexity index is 1470. The van der Waals surface area contributed by atoms with Crippen molar-refractivity contribution in [3.63, 3.8) is 0 Å². The topological polar surface area (TPSA) is 57.4 Å². The number of imidazole rings is 2. The van der Waals surface area contributed by atoms with E-state index >= 15 is 0 Å². The van der Waals surface area contributed by atoms with Crippen molar-refractivity contribution < 1.29 is 0 Å². The third-order valence-corrected chi connectivity index (χ3v) is 5.26. The van der Waals surface area contributed by atoms with E-state index in [1.54, 1.807) is 6.33 Å². The highest BCUT2D eigenvalue weighted by atomic mass is 14.9. The van der Waals surface area contributed by atoms with Crippen molar-refractivity contribution in [1.29, 1.82) is 0 Å². The van der Waals surface area contributed by atoms with Gasteiger partial charge in [-0.1, -0.05) is 42.5 Å². The largest absolute Gasteiger partial charge is 0.345 e. The van der Waals surface area contributed by atoms with E-state index in [-0.39, 0.29) is 0 Å². The Morgan fingerprint density at radius 3 is 2.32 bits per heavy atom. The van der Waals surface area contributed by atoms with Crippen molar-refractivity contribution in [3.8, 4) is 22.5 Å². The van der Waals surface area contributed by atoms with Gasteiger partial charge in [0.15, 0.2) is 0 Å². The van der Waals surface area contributed by atoms with E-state index in [9.17, 15) is 0 Å². The zero-order valence-corrected chi connectivity index (χ0v) is 15.0. The van der Waals surface area contributed by atoms with Gasteiger partial charge < -0.3 is 9.97 Å². The molecule has 0 saturated carbocycles. The summed E-state index contributed by atoms with van der Waals surface area (Å²) in [6.45, 7) is 0. The van der Waals surface area contributed by atoms with E-state index in [1.807, 2.05) is 12.1 Å². The van der Waals surface area contributed by atoms with Gasteiger partial charge in [-0.15, -0.1) is 0 Å². The second-order valence-electron chi connectivity index (χ2n) is 7.01. The molecule has 0 aliphatic rings. The number of fused-ring (bicyclic) bond motifs is 3. The summed E-state index contributed by atoms with van der Waals surface area (Å²) in [4.78, 5) is 15.7. The minimum atomic E-state index is 0.863. The Kier molecular flexibility index (Phi) is 3.14. The van der Waals surface area contributed by atoms with Gasteiger partial charge in [0.2, 0.25) is 0 Å². The van der Waals surface area contributed by atoms with Crippen molar-refractivity contribution in [2.75, 3.05) is 0 Å². The average Bonchev–Trinajstić information content (AvgIpc) is 3.39. The molecule has 28 heavy (non-hydrogen) atoms. The maximum Gasteiger partial charge on any atom is 0.138 e. The molecule has 0 bridgehead atoms. The van der Waals surface area contributed by atoms with Gasteiger partial charge >= 0.3 is 0 Å². The Hall–Kier alpha value is -3.92. The van der Waals surface area contributed by atoms with Gasteiger partial charge in [0.25, 0.3) is 0 Å². The molecule has 0 saturated heterocycles. The van der Waals surface area contributed by atoms with Gasteiger partial charge in [0, 0.05) is 5.56 Å². The SMILES string of the molecule is c1ccc2cc(-c3ccc4nc(-c5ccc6nc[nH]c6c5)[nH]c4c3)ccc2c1. The Labute approximate surface area is 160 Å². The molecule has 0 fully saturated rings.